The quantitative estimate of drug-likeness (QED) is 0.315. The van der Waals surface area contributed by atoms with Gasteiger partial charge in [-0.1, -0.05) is 12.1 Å². The Morgan fingerprint density at radius 2 is 1.93 bits per heavy atom. The van der Waals surface area contributed by atoms with Crippen LogP contribution in [0.1, 0.15) is 10.4 Å². The molecule has 0 unspecified atom stereocenters. The molecule has 4 rings (SSSR count). The zero-order chi connectivity index (χ0) is 19.0. The molecule has 0 aliphatic rings. The highest BCUT2D eigenvalue weighted by Gasteiger charge is 2.14. The van der Waals surface area contributed by atoms with Crippen molar-refractivity contribution in [2.45, 2.75) is 0 Å². The highest BCUT2D eigenvalue weighted by atomic mass is 127. The molecule has 1 heterocycles. The van der Waals surface area contributed by atoms with E-state index in [9.17, 15) is 9.18 Å². The third-order valence-corrected chi connectivity index (χ3v) is 5.29. The molecule has 0 aliphatic heterocycles. The van der Waals surface area contributed by atoms with Crippen molar-refractivity contribution in [3.63, 3.8) is 0 Å². The fourth-order valence-electron chi connectivity index (χ4n) is 2.63. The summed E-state index contributed by atoms with van der Waals surface area (Å²) in [5.41, 5.74) is 2.54. The lowest BCUT2D eigenvalue weighted by atomic mass is 10.2. The zero-order valence-electron chi connectivity index (χ0n) is 13.7. The van der Waals surface area contributed by atoms with E-state index >= 15 is 0 Å². The smallest absolute Gasteiger partial charge is 0.258 e. The second-order valence-electron chi connectivity index (χ2n) is 5.76. The zero-order valence-corrected chi connectivity index (χ0v) is 17.4. The number of rotatable bonds is 3. The van der Waals surface area contributed by atoms with Crippen molar-refractivity contribution < 1.29 is 13.6 Å². The normalized spacial score (nSPS) is 10.9. The van der Waals surface area contributed by atoms with Crippen LogP contribution in [-0.4, -0.2) is 10.9 Å². The van der Waals surface area contributed by atoms with Gasteiger partial charge in [0, 0.05) is 13.7 Å². The molecule has 1 N–H and O–H groups in total. The summed E-state index contributed by atoms with van der Waals surface area (Å²) >= 11 is 5.73. The largest absolute Gasteiger partial charge is 0.436 e. The molecule has 1 amide bonds. The van der Waals surface area contributed by atoms with E-state index in [0.29, 0.717) is 22.7 Å². The van der Waals surface area contributed by atoms with Crippen LogP contribution in [0.3, 0.4) is 0 Å². The number of hydrogen-bond acceptors (Lipinski definition) is 3. The average molecular weight is 537 g/mol. The number of aromatic nitrogens is 1. The highest BCUT2D eigenvalue weighted by Crippen LogP contribution is 2.32. The second kappa shape index (κ2) is 7.40. The minimum atomic E-state index is -0.566. The van der Waals surface area contributed by atoms with Gasteiger partial charge in [-0.3, -0.25) is 4.79 Å². The summed E-state index contributed by atoms with van der Waals surface area (Å²) in [7, 11) is 0. The van der Waals surface area contributed by atoms with Crippen molar-refractivity contribution >= 4 is 61.2 Å². The Morgan fingerprint density at radius 3 is 2.74 bits per heavy atom. The number of benzene rings is 3. The number of nitrogens with zero attached hydrogens (tertiary/aromatic N) is 1. The van der Waals surface area contributed by atoms with Crippen LogP contribution in [0.25, 0.3) is 22.6 Å². The molecule has 0 fully saturated rings. The Balaban J connectivity index is 1.66. The first-order chi connectivity index (χ1) is 13.0. The number of carbonyl (C=O) groups excluding carboxylic acids is 1. The SMILES string of the molecule is O=C(Nc1ccc2oc(-c3cc(I)ccc3Br)nc2c1)c1ccccc1F. The van der Waals surface area contributed by atoms with E-state index in [1.165, 1.54) is 18.2 Å². The molecule has 0 saturated heterocycles. The Labute approximate surface area is 176 Å². The topological polar surface area (TPSA) is 55.1 Å². The third-order valence-electron chi connectivity index (χ3n) is 3.92. The first-order valence-corrected chi connectivity index (χ1v) is 9.80. The Kier molecular flexibility index (Phi) is 4.96. The fraction of sp³-hybridized carbons (Fsp3) is 0. The van der Waals surface area contributed by atoms with Crippen molar-refractivity contribution in [3.8, 4) is 11.5 Å². The van der Waals surface area contributed by atoms with Crippen LogP contribution in [0.5, 0.6) is 0 Å². The number of oxazole rings is 1. The van der Waals surface area contributed by atoms with Gasteiger partial charge < -0.3 is 9.73 Å². The van der Waals surface area contributed by atoms with Gasteiger partial charge in [0.1, 0.15) is 11.3 Å². The van der Waals surface area contributed by atoms with E-state index in [0.717, 1.165) is 13.6 Å². The molecule has 3 aromatic carbocycles. The standard InChI is InChI=1S/C20H11BrFIN2O2/c21-15-7-5-11(23)9-14(15)20-25-17-10-12(6-8-18(17)27-20)24-19(26)13-3-1-2-4-16(13)22/h1-10H,(H,24,26). The predicted octanol–water partition coefficient (Wildman–Crippen LogP) is 6.25. The Morgan fingerprint density at radius 1 is 1.11 bits per heavy atom. The number of carbonyl (C=O) groups is 1. The fourth-order valence-corrected chi connectivity index (χ4v) is 3.53. The van der Waals surface area contributed by atoms with E-state index in [4.69, 9.17) is 4.42 Å². The van der Waals surface area contributed by atoms with Gasteiger partial charge >= 0.3 is 0 Å². The molecule has 1 aromatic heterocycles. The van der Waals surface area contributed by atoms with Gasteiger partial charge in [0.15, 0.2) is 5.58 Å². The minimum absolute atomic E-state index is 0.0127. The molecule has 0 spiro atoms. The van der Waals surface area contributed by atoms with Crippen LogP contribution in [0, 0.1) is 9.39 Å². The molecular formula is C20H11BrFIN2O2. The maximum absolute atomic E-state index is 13.8. The Bertz CT molecular complexity index is 1180. The van der Waals surface area contributed by atoms with Crippen LogP contribution in [0.4, 0.5) is 10.1 Å². The van der Waals surface area contributed by atoms with Crippen molar-refractivity contribution in [2.75, 3.05) is 5.32 Å². The summed E-state index contributed by atoms with van der Waals surface area (Å²) in [4.78, 5) is 16.8. The minimum Gasteiger partial charge on any atom is -0.436 e. The number of fused-ring (bicyclic) bond motifs is 1. The molecule has 0 saturated carbocycles. The molecule has 0 radical (unpaired) electrons. The van der Waals surface area contributed by atoms with Gasteiger partial charge in [-0.2, -0.15) is 0 Å². The molecule has 4 nitrogen and oxygen atoms in total. The molecule has 134 valence electrons. The second-order valence-corrected chi connectivity index (χ2v) is 7.86. The van der Waals surface area contributed by atoms with Gasteiger partial charge in [-0.05, 0) is 87.1 Å². The van der Waals surface area contributed by atoms with Crippen molar-refractivity contribution in [1.82, 2.24) is 4.98 Å². The summed E-state index contributed by atoms with van der Waals surface area (Å²) in [6.45, 7) is 0. The number of amides is 1. The maximum atomic E-state index is 13.8. The number of anilines is 1. The third kappa shape index (κ3) is 3.74. The lowest BCUT2D eigenvalue weighted by Gasteiger charge is -2.05. The van der Waals surface area contributed by atoms with Gasteiger partial charge in [-0.25, -0.2) is 9.37 Å². The average Bonchev–Trinajstić information content (AvgIpc) is 3.07. The summed E-state index contributed by atoms with van der Waals surface area (Å²) in [6.07, 6.45) is 0. The first kappa shape index (κ1) is 18.1. The monoisotopic (exact) mass is 536 g/mol. The van der Waals surface area contributed by atoms with Crippen LogP contribution < -0.4 is 5.32 Å². The highest BCUT2D eigenvalue weighted by molar-refractivity contribution is 14.1. The summed E-state index contributed by atoms with van der Waals surface area (Å²) in [5, 5.41) is 2.69. The van der Waals surface area contributed by atoms with E-state index < -0.39 is 11.7 Å². The summed E-state index contributed by atoms with van der Waals surface area (Å²) < 4.78 is 21.5. The van der Waals surface area contributed by atoms with Gasteiger partial charge in [0.05, 0.1) is 11.1 Å². The molecule has 4 aromatic rings. The van der Waals surface area contributed by atoms with Crippen molar-refractivity contribution in [2.24, 2.45) is 0 Å². The van der Waals surface area contributed by atoms with E-state index in [-0.39, 0.29) is 5.56 Å². The first-order valence-electron chi connectivity index (χ1n) is 7.93. The predicted molar refractivity (Wildman–Crippen MR) is 114 cm³/mol. The Hall–Kier alpha value is -2.26. The number of nitrogens with one attached hydrogen (secondary N) is 1. The van der Waals surface area contributed by atoms with E-state index in [2.05, 4.69) is 48.8 Å². The van der Waals surface area contributed by atoms with Crippen LogP contribution >= 0.6 is 38.5 Å². The molecular weight excluding hydrogens is 526 g/mol. The van der Waals surface area contributed by atoms with Crippen molar-refractivity contribution in [3.05, 3.63) is 80.1 Å². The maximum Gasteiger partial charge on any atom is 0.258 e. The van der Waals surface area contributed by atoms with Crippen LogP contribution in [-0.2, 0) is 0 Å². The van der Waals surface area contributed by atoms with Gasteiger partial charge in [-0.15, -0.1) is 0 Å². The molecule has 0 atom stereocenters. The molecule has 27 heavy (non-hydrogen) atoms. The lowest BCUT2D eigenvalue weighted by molar-refractivity contribution is 0.102. The summed E-state index contributed by atoms with van der Waals surface area (Å²) in [5.74, 6) is -0.604. The van der Waals surface area contributed by atoms with Crippen molar-refractivity contribution in [1.29, 1.82) is 0 Å². The number of hydrogen-bond donors (Lipinski definition) is 1. The van der Waals surface area contributed by atoms with Crippen LogP contribution in [0.2, 0.25) is 0 Å². The van der Waals surface area contributed by atoms with E-state index in [1.807, 2.05) is 18.2 Å². The van der Waals surface area contributed by atoms with Gasteiger partial charge in [0.25, 0.3) is 5.91 Å². The van der Waals surface area contributed by atoms with Crippen LogP contribution in [0.15, 0.2) is 69.6 Å². The molecule has 0 aliphatic carbocycles. The summed E-state index contributed by atoms with van der Waals surface area (Å²) in [6, 6.07) is 16.8. The van der Waals surface area contributed by atoms with Gasteiger partial charge in [0.2, 0.25) is 5.89 Å². The van der Waals surface area contributed by atoms with E-state index in [1.54, 1.807) is 24.3 Å². The molecule has 0 bridgehead atoms. The lowest BCUT2D eigenvalue weighted by Crippen LogP contribution is -2.13. The molecule has 7 heteroatoms. The number of halogens is 3.